The summed E-state index contributed by atoms with van der Waals surface area (Å²) >= 11 is 1.44. The number of rotatable bonds is 5. The number of pyridine rings is 2. The fraction of sp³-hybridized carbons (Fsp3) is 0.448. The second-order valence-corrected chi connectivity index (χ2v) is 12.8. The van der Waals surface area contributed by atoms with Crippen LogP contribution in [0.4, 0.5) is 0 Å². The number of nitriles is 1. The maximum atomic E-state index is 13.9. The van der Waals surface area contributed by atoms with Gasteiger partial charge >= 0.3 is 0 Å². The molecule has 0 radical (unpaired) electrons. The summed E-state index contributed by atoms with van der Waals surface area (Å²) in [6.07, 6.45) is 2.57. The summed E-state index contributed by atoms with van der Waals surface area (Å²) in [5.41, 5.74) is 3.05. The number of thiophene rings is 1. The van der Waals surface area contributed by atoms with Crippen LogP contribution in [0.5, 0.6) is 0 Å². The van der Waals surface area contributed by atoms with Crippen molar-refractivity contribution >= 4 is 39.3 Å². The van der Waals surface area contributed by atoms with Crippen molar-refractivity contribution in [2.75, 3.05) is 27.2 Å². The highest BCUT2D eigenvalue weighted by Gasteiger charge is 2.72. The first-order valence-corrected chi connectivity index (χ1v) is 13.9. The topological polar surface area (TPSA) is 110 Å². The summed E-state index contributed by atoms with van der Waals surface area (Å²) in [4.78, 5) is 55.0. The minimum absolute atomic E-state index is 0.0966. The summed E-state index contributed by atoms with van der Waals surface area (Å²) in [6, 6.07) is 7.79. The highest BCUT2D eigenvalue weighted by molar-refractivity contribution is 7.19. The van der Waals surface area contributed by atoms with E-state index in [1.165, 1.54) is 16.2 Å². The van der Waals surface area contributed by atoms with Crippen molar-refractivity contribution in [1.82, 2.24) is 24.7 Å². The molecule has 10 heteroatoms. The van der Waals surface area contributed by atoms with Gasteiger partial charge in [-0.25, -0.2) is 4.98 Å². The fourth-order valence-electron chi connectivity index (χ4n) is 6.27. The number of hydrogen-bond acceptors (Lipinski definition) is 8. The van der Waals surface area contributed by atoms with Crippen molar-refractivity contribution in [2.24, 2.45) is 17.3 Å². The Morgan fingerprint density at radius 2 is 1.95 bits per heavy atom. The van der Waals surface area contributed by atoms with Gasteiger partial charge in [-0.3, -0.25) is 24.3 Å². The average molecular weight is 543 g/mol. The van der Waals surface area contributed by atoms with Crippen molar-refractivity contribution in [3.8, 4) is 17.3 Å². The first-order valence-electron chi connectivity index (χ1n) is 13.1. The molecule has 2 saturated heterocycles. The minimum Gasteiger partial charge on any atom is -0.337 e. The number of amides is 3. The standard InChI is InChI=1S/C29H30N6O3S/c1-15-10-16(12-30)32-24(21(15)26(36)34-9-7-17(13-34)33(4)5)19-6-8-31-20-11-18(39-25(19)20)14-35-27(37)22-23(28(35)38)29(22,2)3/h6,8,10-11,17,22-23H,7,9,13-14H2,1-5H3/t17-,22?,23?/m0/s1. The number of likely N-dealkylation sites (N-methyl/N-ethyl adjacent to an activating group) is 1. The second-order valence-electron chi connectivity index (χ2n) is 11.6. The van der Waals surface area contributed by atoms with Crippen molar-refractivity contribution in [3.63, 3.8) is 0 Å². The smallest absolute Gasteiger partial charge is 0.256 e. The Kier molecular flexibility index (Phi) is 5.86. The molecular weight excluding hydrogens is 512 g/mol. The number of aryl methyl sites for hydroxylation is 1. The third-order valence-electron chi connectivity index (χ3n) is 8.65. The Bertz CT molecular complexity index is 1580. The molecule has 1 aliphatic carbocycles. The molecule has 200 valence electrons. The van der Waals surface area contributed by atoms with Crippen molar-refractivity contribution in [3.05, 3.63) is 46.1 Å². The van der Waals surface area contributed by atoms with Gasteiger partial charge in [0.05, 0.1) is 39.9 Å². The maximum Gasteiger partial charge on any atom is 0.256 e. The van der Waals surface area contributed by atoms with E-state index in [0.717, 1.165) is 16.0 Å². The molecule has 0 bridgehead atoms. The summed E-state index contributed by atoms with van der Waals surface area (Å²) in [6.45, 7) is 7.28. The number of carbonyl (C=O) groups is 3. The van der Waals surface area contributed by atoms with Crippen LogP contribution < -0.4 is 0 Å². The van der Waals surface area contributed by atoms with Gasteiger partial charge in [0.15, 0.2) is 0 Å². The molecule has 2 aliphatic heterocycles. The first kappa shape index (κ1) is 25.6. The lowest BCUT2D eigenvalue weighted by Crippen LogP contribution is -2.35. The van der Waals surface area contributed by atoms with Gasteiger partial charge in [0, 0.05) is 35.8 Å². The Labute approximate surface area is 231 Å². The molecule has 6 rings (SSSR count). The quantitative estimate of drug-likeness (QED) is 0.454. The first-order chi connectivity index (χ1) is 18.5. The van der Waals surface area contributed by atoms with Gasteiger partial charge in [-0.1, -0.05) is 13.8 Å². The summed E-state index contributed by atoms with van der Waals surface area (Å²) in [5, 5.41) is 9.67. The Morgan fingerprint density at radius 3 is 2.59 bits per heavy atom. The molecular formula is C29H30N6O3S. The maximum absolute atomic E-state index is 13.9. The molecule has 3 aromatic heterocycles. The zero-order valence-electron chi connectivity index (χ0n) is 22.7. The average Bonchev–Trinajstić information content (AvgIpc) is 3.34. The van der Waals surface area contributed by atoms with Crippen LogP contribution in [0.3, 0.4) is 0 Å². The summed E-state index contributed by atoms with van der Waals surface area (Å²) < 4.78 is 0.806. The van der Waals surface area contributed by atoms with Crippen LogP contribution in [0.2, 0.25) is 0 Å². The second kappa shape index (κ2) is 8.93. The van der Waals surface area contributed by atoms with Crippen LogP contribution >= 0.6 is 11.3 Å². The van der Waals surface area contributed by atoms with E-state index in [4.69, 9.17) is 0 Å². The minimum atomic E-state index is -0.250. The van der Waals surface area contributed by atoms with E-state index < -0.39 is 0 Å². The predicted molar refractivity (Wildman–Crippen MR) is 147 cm³/mol. The number of nitrogens with zero attached hydrogens (tertiary/aromatic N) is 6. The largest absolute Gasteiger partial charge is 0.337 e. The van der Waals surface area contributed by atoms with E-state index in [1.807, 2.05) is 51.9 Å². The van der Waals surface area contributed by atoms with E-state index in [0.29, 0.717) is 47.0 Å². The molecule has 1 saturated carbocycles. The lowest BCUT2D eigenvalue weighted by Gasteiger charge is -2.22. The Morgan fingerprint density at radius 1 is 1.23 bits per heavy atom. The summed E-state index contributed by atoms with van der Waals surface area (Å²) in [5.74, 6) is -0.746. The van der Waals surface area contributed by atoms with E-state index in [1.54, 1.807) is 12.3 Å². The zero-order chi connectivity index (χ0) is 27.8. The van der Waals surface area contributed by atoms with Crippen LogP contribution in [0.1, 0.15) is 46.8 Å². The zero-order valence-corrected chi connectivity index (χ0v) is 23.5. The summed E-state index contributed by atoms with van der Waals surface area (Å²) in [7, 11) is 4.04. The molecule has 2 unspecified atom stereocenters. The fourth-order valence-corrected chi connectivity index (χ4v) is 7.39. The molecule has 39 heavy (non-hydrogen) atoms. The van der Waals surface area contributed by atoms with Crippen LogP contribution in [0.15, 0.2) is 24.4 Å². The molecule has 0 spiro atoms. The number of aromatic nitrogens is 2. The monoisotopic (exact) mass is 542 g/mol. The molecule has 3 atom stereocenters. The van der Waals surface area contributed by atoms with Crippen molar-refractivity contribution in [1.29, 1.82) is 5.26 Å². The molecule has 5 heterocycles. The van der Waals surface area contributed by atoms with E-state index >= 15 is 0 Å². The van der Waals surface area contributed by atoms with E-state index in [2.05, 4.69) is 20.9 Å². The highest BCUT2D eigenvalue weighted by Crippen LogP contribution is 2.63. The lowest BCUT2D eigenvalue weighted by atomic mass is 9.99. The number of likely N-dealkylation sites (tertiary alicyclic amines) is 2. The number of hydrogen-bond donors (Lipinski definition) is 0. The van der Waals surface area contributed by atoms with Gasteiger partial charge in [0.1, 0.15) is 11.8 Å². The third-order valence-corrected chi connectivity index (χ3v) is 9.79. The van der Waals surface area contributed by atoms with Gasteiger partial charge in [-0.05, 0) is 56.6 Å². The number of piperidine rings is 1. The SMILES string of the molecule is Cc1cc(C#N)nc(-c2ccnc3cc(CN4C(=O)C5C(C4=O)C5(C)C)sc23)c1C(=O)N1CC[C@H](N(C)C)C1. The van der Waals surface area contributed by atoms with Gasteiger partial charge in [0.25, 0.3) is 5.91 Å². The Balaban J connectivity index is 1.38. The molecule has 3 fully saturated rings. The predicted octanol–water partition coefficient (Wildman–Crippen LogP) is 3.46. The van der Waals surface area contributed by atoms with Gasteiger partial charge in [-0.15, -0.1) is 11.3 Å². The molecule has 3 aromatic rings. The number of fused-ring (bicyclic) bond motifs is 2. The molecule has 3 aliphatic rings. The number of imide groups is 1. The molecule has 9 nitrogen and oxygen atoms in total. The normalized spacial score (nSPS) is 23.6. The lowest BCUT2D eigenvalue weighted by molar-refractivity contribution is -0.143. The van der Waals surface area contributed by atoms with Gasteiger partial charge < -0.3 is 9.80 Å². The Hall–Kier alpha value is -3.68. The van der Waals surface area contributed by atoms with Gasteiger partial charge in [-0.2, -0.15) is 5.26 Å². The van der Waals surface area contributed by atoms with Gasteiger partial charge in [0.2, 0.25) is 11.8 Å². The van der Waals surface area contributed by atoms with Crippen molar-refractivity contribution in [2.45, 2.75) is 39.8 Å². The van der Waals surface area contributed by atoms with Crippen molar-refractivity contribution < 1.29 is 14.4 Å². The van der Waals surface area contributed by atoms with Crippen LogP contribution in [-0.2, 0) is 16.1 Å². The van der Waals surface area contributed by atoms with Crippen LogP contribution in [0, 0.1) is 35.5 Å². The highest BCUT2D eigenvalue weighted by atomic mass is 32.1. The van der Waals surface area contributed by atoms with Crippen LogP contribution in [-0.4, -0.2) is 75.6 Å². The van der Waals surface area contributed by atoms with Crippen LogP contribution in [0.25, 0.3) is 21.5 Å². The molecule has 0 aromatic carbocycles. The molecule has 3 amide bonds. The number of carbonyl (C=O) groups excluding carboxylic acids is 3. The van der Waals surface area contributed by atoms with E-state index in [9.17, 15) is 19.6 Å². The third kappa shape index (κ3) is 3.95. The van der Waals surface area contributed by atoms with E-state index in [-0.39, 0.29) is 47.2 Å². The molecule has 0 N–H and O–H groups in total.